The zero-order valence-electron chi connectivity index (χ0n) is 18.4. The molecule has 1 spiro atoms. The van der Waals surface area contributed by atoms with Gasteiger partial charge in [-0.3, -0.25) is 4.79 Å². The summed E-state index contributed by atoms with van der Waals surface area (Å²) < 4.78 is 13.8. The number of methoxy groups -OCH3 is 1. The van der Waals surface area contributed by atoms with Crippen molar-refractivity contribution in [2.24, 2.45) is 5.92 Å². The molecule has 1 saturated carbocycles. The summed E-state index contributed by atoms with van der Waals surface area (Å²) in [4.78, 5) is 13.1. The fraction of sp³-hybridized carbons (Fsp3) is 0.400. The molecule has 2 aromatic carbocycles. The van der Waals surface area contributed by atoms with E-state index in [1.165, 1.54) is 5.56 Å². The number of ether oxygens (including phenoxy) is 1. The second-order valence-electron chi connectivity index (χ2n) is 8.47. The SMILES string of the molecule is [2H]N1C(=O)C(c2cc(-c3ccc(C)cc3)ccc2C)=C(O)C12CCC(COC)CC2. The van der Waals surface area contributed by atoms with E-state index in [1.807, 2.05) is 32.0 Å². The van der Waals surface area contributed by atoms with Crippen LogP contribution >= 0.6 is 0 Å². The van der Waals surface area contributed by atoms with Crippen molar-refractivity contribution in [3.05, 3.63) is 64.9 Å². The normalized spacial score (nSPS) is 25.1. The van der Waals surface area contributed by atoms with Gasteiger partial charge in [-0.2, -0.15) is 0 Å². The molecule has 152 valence electrons. The Labute approximate surface area is 174 Å². The molecule has 1 amide bonds. The molecule has 0 radical (unpaired) electrons. The van der Waals surface area contributed by atoms with Crippen molar-refractivity contribution in [3.8, 4) is 11.1 Å². The van der Waals surface area contributed by atoms with E-state index < -0.39 is 11.4 Å². The van der Waals surface area contributed by atoms with E-state index in [0.29, 0.717) is 30.9 Å². The second kappa shape index (κ2) is 7.68. The molecule has 4 nitrogen and oxygen atoms in total. The number of carbonyl (C=O) groups excluding carboxylic acids is 1. The van der Waals surface area contributed by atoms with Crippen LogP contribution < -0.4 is 5.31 Å². The van der Waals surface area contributed by atoms with Crippen molar-refractivity contribution in [2.45, 2.75) is 45.1 Å². The van der Waals surface area contributed by atoms with Gasteiger partial charge in [-0.15, -0.1) is 0 Å². The third-order valence-corrected chi connectivity index (χ3v) is 6.43. The van der Waals surface area contributed by atoms with E-state index in [0.717, 1.165) is 34.8 Å². The number of aliphatic hydroxyl groups is 1. The molecule has 0 atom stereocenters. The van der Waals surface area contributed by atoms with Gasteiger partial charge in [0.25, 0.3) is 5.91 Å². The van der Waals surface area contributed by atoms with E-state index >= 15 is 0 Å². The summed E-state index contributed by atoms with van der Waals surface area (Å²) in [6, 6.07) is 14.2. The minimum atomic E-state index is -0.914. The van der Waals surface area contributed by atoms with Crippen LogP contribution in [0.5, 0.6) is 0 Å². The molecule has 0 bridgehead atoms. The average molecular weight is 393 g/mol. The number of rotatable bonds is 4. The summed E-state index contributed by atoms with van der Waals surface area (Å²) in [7, 11) is 1.69. The molecule has 1 fully saturated rings. The van der Waals surface area contributed by atoms with Crippen LogP contribution in [0.15, 0.2) is 48.2 Å². The highest BCUT2D eigenvalue weighted by atomic mass is 16.5. The molecule has 4 rings (SSSR count). The minimum absolute atomic E-state index is 0.0579. The number of aryl methyl sites for hydroxylation is 2. The highest BCUT2D eigenvalue weighted by molar-refractivity contribution is 6.23. The lowest BCUT2D eigenvalue weighted by atomic mass is 9.76. The van der Waals surface area contributed by atoms with Gasteiger partial charge >= 0.3 is 0 Å². The monoisotopic (exact) mass is 392 g/mol. The van der Waals surface area contributed by atoms with Gasteiger partial charge in [-0.05, 0) is 73.8 Å². The van der Waals surface area contributed by atoms with E-state index in [-0.39, 0.29) is 11.3 Å². The number of hydrogen-bond donors (Lipinski definition) is 2. The first kappa shape index (κ1) is 18.4. The average Bonchev–Trinajstić information content (AvgIpc) is 2.92. The fourth-order valence-corrected chi connectivity index (χ4v) is 4.60. The van der Waals surface area contributed by atoms with Crippen molar-refractivity contribution < 1.29 is 16.0 Å². The molecule has 2 aliphatic rings. The van der Waals surface area contributed by atoms with Crippen molar-refractivity contribution in [1.82, 2.24) is 5.31 Å². The molecule has 0 unspecified atom stereocenters. The van der Waals surface area contributed by atoms with Crippen molar-refractivity contribution in [2.75, 3.05) is 13.7 Å². The number of benzene rings is 2. The van der Waals surface area contributed by atoms with Gasteiger partial charge in [0.2, 0.25) is 0 Å². The predicted molar refractivity (Wildman–Crippen MR) is 116 cm³/mol. The number of nitrogens with one attached hydrogen (secondary N) is 1. The summed E-state index contributed by atoms with van der Waals surface area (Å²) >= 11 is 0. The lowest BCUT2D eigenvalue weighted by Crippen LogP contribution is -2.47. The zero-order chi connectivity index (χ0) is 21.5. The Morgan fingerprint density at radius 1 is 1.14 bits per heavy atom. The highest BCUT2D eigenvalue weighted by Crippen LogP contribution is 2.43. The van der Waals surface area contributed by atoms with Gasteiger partial charge in [0.1, 0.15) is 5.76 Å². The Kier molecular flexibility index (Phi) is 4.88. The largest absolute Gasteiger partial charge is 0.509 e. The molecule has 4 heteroatoms. The van der Waals surface area contributed by atoms with Crippen LogP contribution in [0.1, 0.15) is 42.4 Å². The molecule has 0 saturated heterocycles. The second-order valence-corrected chi connectivity index (χ2v) is 8.47. The van der Waals surface area contributed by atoms with Gasteiger partial charge in [0.05, 0.1) is 11.1 Å². The van der Waals surface area contributed by atoms with Crippen molar-refractivity contribution in [3.63, 3.8) is 0 Å². The molecule has 2 N–H and O–H groups in total. The first-order valence-corrected chi connectivity index (χ1v) is 10.3. The Balaban J connectivity index is 1.74. The highest BCUT2D eigenvalue weighted by Gasteiger charge is 2.48. The van der Waals surface area contributed by atoms with Gasteiger partial charge < -0.3 is 15.2 Å². The molecule has 0 aromatic heterocycles. The van der Waals surface area contributed by atoms with E-state index in [1.54, 1.807) is 7.11 Å². The molecule has 1 aliphatic carbocycles. The van der Waals surface area contributed by atoms with Crippen molar-refractivity contribution >= 4 is 11.5 Å². The van der Waals surface area contributed by atoms with E-state index in [2.05, 4.69) is 24.3 Å². The van der Waals surface area contributed by atoms with Gasteiger partial charge in [0.15, 0.2) is 1.41 Å². The standard InChI is InChI=1S/C25H29NO3/c1-16-4-7-19(8-5-16)20-9-6-17(2)21(14-20)22-23(27)25(26-24(22)28)12-10-18(11-13-25)15-29-3/h4-9,14,18,27H,10-13,15H2,1-3H3,(H,26,28)/i/hD. The summed E-state index contributed by atoms with van der Waals surface area (Å²) in [5.74, 6) is 0.0527. The third kappa shape index (κ3) is 3.58. The number of amides is 1. The van der Waals surface area contributed by atoms with Crippen LogP contribution in [0, 0.1) is 19.8 Å². The van der Waals surface area contributed by atoms with E-state index in [4.69, 9.17) is 6.15 Å². The molecule has 1 heterocycles. The van der Waals surface area contributed by atoms with Gasteiger partial charge in [-0.25, -0.2) is 0 Å². The summed E-state index contributed by atoms with van der Waals surface area (Å²) in [6.07, 6.45) is 2.83. The lowest BCUT2D eigenvalue weighted by Gasteiger charge is -2.37. The predicted octanol–water partition coefficient (Wildman–Crippen LogP) is 4.94. The molecular formula is C25H29NO3. The summed E-state index contributed by atoms with van der Waals surface area (Å²) in [5.41, 5.74) is 4.23. The van der Waals surface area contributed by atoms with Gasteiger partial charge in [-0.1, -0.05) is 42.0 Å². The first-order chi connectivity index (χ1) is 14.4. The Morgan fingerprint density at radius 2 is 1.79 bits per heavy atom. The van der Waals surface area contributed by atoms with Crippen LogP contribution in [0.2, 0.25) is 1.41 Å². The van der Waals surface area contributed by atoms with Crippen LogP contribution in [0.25, 0.3) is 16.7 Å². The number of hydrogen-bond acceptors (Lipinski definition) is 3. The molecule has 29 heavy (non-hydrogen) atoms. The topological polar surface area (TPSA) is 58.6 Å². The number of carbonyl (C=O) groups is 1. The first-order valence-electron chi connectivity index (χ1n) is 10.8. The summed E-state index contributed by atoms with van der Waals surface area (Å²) in [6.45, 7) is 4.67. The quantitative estimate of drug-likeness (QED) is 0.774. The Hall–Kier alpha value is -2.59. The molecule has 1 aliphatic heterocycles. The maximum atomic E-state index is 13.1. The maximum absolute atomic E-state index is 13.1. The summed E-state index contributed by atoms with van der Waals surface area (Å²) in [5, 5.41) is 12.3. The van der Waals surface area contributed by atoms with Crippen LogP contribution in [0.4, 0.5) is 0 Å². The fourth-order valence-electron chi connectivity index (χ4n) is 4.60. The third-order valence-electron chi connectivity index (χ3n) is 6.43. The Morgan fingerprint density at radius 3 is 2.45 bits per heavy atom. The van der Waals surface area contributed by atoms with Crippen LogP contribution in [-0.4, -0.2) is 30.3 Å². The smallest absolute Gasteiger partial charge is 0.256 e. The van der Waals surface area contributed by atoms with Crippen molar-refractivity contribution in [1.29, 1.82) is 0 Å². The van der Waals surface area contributed by atoms with E-state index in [9.17, 15) is 9.90 Å². The lowest BCUT2D eigenvalue weighted by molar-refractivity contribution is -0.116. The minimum Gasteiger partial charge on any atom is -0.509 e. The van der Waals surface area contributed by atoms with Crippen LogP contribution in [0.3, 0.4) is 0 Å². The van der Waals surface area contributed by atoms with Crippen LogP contribution in [-0.2, 0) is 9.53 Å². The maximum Gasteiger partial charge on any atom is 0.256 e. The number of aliphatic hydroxyl groups excluding tert-OH is 1. The molecule has 2 aromatic rings. The zero-order valence-corrected chi connectivity index (χ0v) is 17.4. The van der Waals surface area contributed by atoms with Gasteiger partial charge in [0, 0.05) is 13.7 Å². The molecular weight excluding hydrogens is 362 g/mol. The Bertz CT molecular complexity index is 988.